The Bertz CT molecular complexity index is 1030. The molecule has 0 saturated heterocycles. The van der Waals surface area contributed by atoms with Crippen molar-refractivity contribution in [2.75, 3.05) is 10.2 Å². The fourth-order valence-electron chi connectivity index (χ4n) is 4.42. The number of nitrogens with zero attached hydrogens (tertiary/aromatic N) is 1. The van der Waals surface area contributed by atoms with E-state index >= 15 is 0 Å². The maximum absolute atomic E-state index is 13.4. The van der Waals surface area contributed by atoms with Crippen LogP contribution in [-0.2, 0) is 9.59 Å². The Morgan fingerprint density at radius 3 is 2.55 bits per heavy atom. The summed E-state index contributed by atoms with van der Waals surface area (Å²) in [7, 11) is 0. The topological polar surface area (TPSA) is 49.4 Å². The van der Waals surface area contributed by atoms with E-state index < -0.39 is 6.04 Å². The molecule has 4 nitrogen and oxygen atoms in total. The highest BCUT2D eigenvalue weighted by molar-refractivity contribution is 6.31. The first-order valence-corrected chi connectivity index (χ1v) is 10.4. The summed E-state index contributed by atoms with van der Waals surface area (Å²) in [5, 5.41) is 4.05. The number of Topliss-reactive ketones (excluding diaryl/α,β-unsaturated/α-hetero) is 1. The fourth-order valence-corrected chi connectivity index (χ4v) is 4.66. The van der Waals surface area contributed by atoms with Gasteiger partial charge in [0.1, 0.15) is 0 Å². The Hall–Kier alpha value is -2.59. The number of para-hydroxylation sites is 2. The summed E-state index contributed by atoms with van der Waals surface area (Å²) in [6.07, 6.45) is 1.51. The number of halogens is 1. The lowest BCUT2D eigenvalue weighted by Crippen LogP contribution is -2.39. The third kappa shape index (κ3) is 3.46. The molecule has 1 aliphatic heterocycles. The van der Waals surface area contributed by atoms with E-state index in [-0.39, 0.29) is 17.1 Å². The van der Waals surface area contributed by atoms with Crippen LogP contribution >= 0.6 is 11.6 Å². The van der Waals surface area contributed by atoms with Crippen molar-refractivity contribution < 1.29 is 9.59 Å². The quantitative estimate of drug-likeness (QED) is 0.673. The molecule has 1 N–H and O–H groups in total. The van der Waals surface area contributed by atoms with Crippen LogP contribution in [0.4, 0.5) is 11.4 Å². The standard InChI is InChI=1S/C24H25ClN2O2/c1-4-21(29)27-19-12-8-7-11-17(19)26-18-13-24(2,3)14-20(28)22(18)23(27)15-9-5-6-10-16(15)25/h5-12,23,26H,4,13-14H2,1-3H3. The number of hydrogen-bond donors (Lipinski definition) is 1. The normalized spacial score (nSPS) is 20.5. The number of benzene rings is 2. The lowest BCUT2D eigenvalue weighted by atomic mass is 9.73. The predicted octanol–water partition coefficient (Wildman–Crippen LogP) is 5.89. The molecule has 1 unspecified atom stereocenters. The van der Waals surface area contributed by atoms with Gasteiger partial charge in [0.15, 0.2) is 5.78 Å². The van der Waals surface area contributed by atoms with Crippen molar-refractivity contribution >= 4 is 34.7 Å². The molecule has 2 aromatic rings. The second-order valence-corrected chi connectivity index (χ2v) is 8.92. The molecule has 0 fully saturated rings. The van der Waals surface area contributed by atoms with Crippen LogP contribution < -0.4 is 10.2 Å². The molecule has 2 aliphatic rings. The molecule has 1 aliphatic carbocycles. The molecular formula is C24H25ClN2O2. The van der Waals surface area contributed by atoms with E-state index in [2.05, 4.69) is 19.2 Å². The van der Waals surface area contributed by atoms with E-state index in [4.69, 9.17) is 11.6 Å². The monoisotopic (exact) mass is 408 g/mol. The third-order valence-corrected chi connectivity index (χ3v) is 6.02. The minimum Gasteiger partial charge on any atom is -0.357 e. The predicted molar refractivity (Wildman–Crippen MR) is 117 cm³/mol. The van der Waals surface area contributed by atoms with Crippen LogP contribution in [-0.4, -0.2) is 11.7 Å². The van der Waals surface area contributed by atoms with E-state index in [1.165, 1.54) is 0 Å². The molecule has 0 radical (unpaired) electrons. The van der Waals surface area contributed by atoms with Gasteiger partial charge in [-0.05, 0) is 35.6 Å². The average molecular weight is 409 g/mol. The van der Waals surface area contributed by atoms with Crippen molar-refractivity contribution in [2.24, 2.45) is 5.41 Å². The number of rotatable bonds is 2. The van der Waals surface area contributed by atoms with E-state index in [9.17, 15) is 9.59 Å². The zero-order valence-corrected chi connectivity index (χ0v) is 17.7. The van der Waals surface area contributed by atoms with Gasteiger partial charge in [-0.1, -0.05) is 62.7 Å². The molecular weight excluding hydrogens is 384 g/mol. The maximum Gasteiger partial charge on any atom is 0.227 e. The van der Waals surface area contributed by atoms with Crippen LogP contribution in [0.3, 0.4) is 0 Å². The number of nitrogens with one attached hydrogen (secondary N) is 1. The number of anilines is 2. The van der Waals surface area contributed by atoms with Crippen molar-refractivity contribution in [2.45, 2.75) is 46.1 Å². The number of carbonyl (C=O) groups excluding carboxylic acids is 2. The van der Waals surface area contributed by atoms with Crippen molar-refractivity contribution in [1.29, 1.82) is 0 Å². The van der Waals surface area contributed by atoms with Crippen molar-refractivity contribution in [1.82, 2.24) is 0 Å². The SMILES string of the molecule is CCC(=O)N1c2ccccc2NC2=C(C(=O)CC(C)(C)C2)C1c1ccccc1Cl. The van der Waals surface area contributed by atoms with Crippen LogP contribution in [0.15, 0.2) is 59.8 Å². The molecule has 1 atom stereocenters. The highest BCUT2D eigenvalue weighted by Gasteiger charge is 2.43. The molecule has 2 aromatic carbocycles. The van der Waals surface area contributed by atoms with Crippen LogP contribution in [0.2, 0.25) is 5.02 Å². The number of hydrogen-bond acceptors (Lipinski definition) is 3. The lowest BCUT2D eigenvalue weighted by molar-refractivity contribution is -0.119. The zero-order chi connectivity index (χ0) is 20.8. The van der Waals surface area contributed by atoms with Crippen LogP contribution in [0.1, 0.15) is 51.6 Å². The zero-order valence-electron chi connectivity index (χ0n) is 17.0. The lowest BCUT2D eigenvalue weighted by Gasteiger charge is -2.37. The molecule has 1 heterocycles. The van der Waals surface area contributed by atoms with Crippen LogP contribution in [0.5, 0.6) is 0 Å². The minimum absolute atomic E-state index is 0.0458. The summed E-state index contributed by atoms with van der Waals surface area (Å²) in [5.74, 6) is 0.0194. The van der Waals surface area contributed by atoms with E-state index in [1.54, 1.807) is 4.90 Å². The molecule has 0 aromatic heterocycles. The van der Waals surface area contributed by atoms with Gasteiger partial charge in [-0.2, -0.15) is 0 Å². The second kappa shape index (κ2) is 7.34. The molecule has 0 spiro atoms. The van der Waals surface area contributed by atoms with Gasteiger partial charge in [0.2, 0.25) is 5.91 Å². The Labute approximate surface area is 176 Å². The minimum atomic E-state index is -0.550. The van der Waals surface area contributed by atoms with Gasteiger partial charge in [0.05, 0.1) is 17.4 Å². The summed E-state index contributed by atoms with van der Waals surface area (Å²) in [6.45, 7) is 6.05. The second-order valence-electron chi connectivity index (χ2n) is 8.52. The molecule has 29 heavy (non-hydrogen) atoms. The number of ketones is 1. The van der Waals surface area contributed by atoms with E-state index in [0.717, 1.165) is 29.1 Å². The fraction of sp³-hybridized carbons (Fsp3) is 0.333. The third-order valence-electron chi connectivity index (χ3n) is 5.67. The van der Waals surface area contributed by atoms with Gasteiger partial charge < -0.3 is 5.32 Å². The Kier molecular flexibility index (Phi) is 4.99. The molecule has 4 rings (SSSR count). The van der Waals surface area contributed by atoms with Gasteiger partial charge in [-0.3, -0.25) is 14.5 Å². The smallest absolute Gasteiger partial charge is 0.227 e. The van der Waals surface area contributed by atoms with Gasteiger partial charge in [-0.15, -0.1) is 0 Å². The van der Waals surface area contributed by atoms with Gasteiger partial charge in [0, 0.05) is 29.1 Å². The van der Waals surface area contributed by atoms with Crippen LogP contribution in [0, 0.1) is 5.41 Å². The highest BCUT2D eigenvalue weighted by atomic mass is 35.5. The Morgan fingerprint density at radius 1 is 1.14 bits per heavy atom. The van der Waals surface area contributed by atoms with E-state index in [0.29, 0.717) is 23.4 Å². The summed E-state index contributed by atoms with van der Waals surface area (Å²) in [5.41, 5.74) is 3.76. The van der Waals surface area contributed by atoms with E-state index in [1.807, 2.05) is 55.5 Å². The Balaban J connectivity index is 2.04. The van der Waals surface area contributed by atoms with Gasteiger partial charge in [-0.25, -0.2) is 0 Å². The van der Waals surface area contributed by atoms with Crippen LogP contribution in [0.25, 0.3) is 0 Å². The summed E-state index contributed by atoms with van der Waals surface area (Å²) in [6, 6.07) is 14.7. The molecule has 5 heteroatoms. The number of fused-ring (bicyclic) bond motifs is 1. The van der Waals surface area contributed by atoms with Crippen molar-refractivity contribution in [3.05, 3.63) is 70.4 Å². The summed E-state index contributed by atoms with van der Waals surface area (Å²) >= 11 is 6.59. The number of allylic oxidation sites excluding steroid dienone is 1. The summed E-state index contributed by atoms with van der Waals surface area (Å²) in [4.78, 5) is 28.4. The van der Waals surface area contributed by atoms with Crippen molar-refractivity contribution in [3.63, 3.8) is 0 Å². The molecule has 0 saturated carbocycles. The molecule has 0 bridgehead atoms. The Morgan fingerprint density at radius 2 is 1.83 bits per heavy atom. The number of amides is 1. The highest BCUT2D eigenvalue weighted by Crippen LogP contribution is 2.49. The first kappa shape index (κ1) is 19.7. The first-order valence-electron chi connectivity index (χ1n) is 10.0. The van der Waals surface area contributed by atoms with Gasteiger partial charge in [0.25, 0.3) is 0 Å². The molecule has 150 valence electrons. The first-order chi connectivity index (χ1) is 13.8. The maximum atomic E-state index is 13.4. The molecule has 1 amide bonds. The summed E-state index contributed by atoms with van der Waals surface area (Å²) < 4.78 is 0. The number of carbonyl (C=O) groups is 2. The largest absolute Gasteiger partial charge is 0.357 e. The van der Waals surface area contributed by atoms with Gasteiger partial charge >= 0.3 is 0 Å². The van der Waals surface area contributed by atoms with Crippen molar-refractivity contribution in [3.8, 4) is 0 Å². The average Bonchev–Trinajstić information content (AvgIpc) is 2.81.